The van der Waals surface area contributed by atoms with Crippen molar-refractivity contribution in [1.82, 2.24) is 14.9 Å². The van der Waals surface area contributed by atoms with Crippen LogP contribution < -0.4 is 5.32 Å². The fraction of sp³-hybridized carbons (Fsp3) is 0.154. The van der Waals surface area contributed by atoms with Crippen LogP contribution in [0.5, 0.6) is 0 Å². The van der Waals surface area contributed by atoms with Gasteiger partial charge in [0.2, 0.25) is 0 Å². The van der Waals surface area contributed by atoms with Crippen molar-refractivity contribution in [3.63, 3.8) is 0 Å². The Kier molecular flexibility index (Phi) is 3.99. The van der Waals surface area contributed by atoms with E-state index in [9.17, 15) is 9.59 Å². The van der Waals surface area contributed by atoms with E-state index in [-0.39, 0.29) is 11.6 Å². The molecule has 1 aromatic heterocycles. The highest BCUT2D eigenvalue weighted by molar-refractivity contribution is 5.93. The summed E-state index contributed by atoms with van der Waals surface area (Å²) in [7, 11) is 1.62. The molecule has 20 heavy (non-hydrogen) atoms. The minimum Gasteiger partial charge on any atom is -0.478 e. The highest BCUT2D eigenvalue weighted by Gasteiger charge is 2.11. The van der Waals surface area contributed by atoms with Gasteiger partial charge in [0.1, 0.15) is 5.82 Å². The molecule has 3 N–H and O–H groups in total. The number of hydrogen-bond acceptors (Lipinski definition) is 3. The molecule has 0 aliphatic carbocycles. The number of urea groups is 1. The summed E-state index contributed by atoms with van der Waals surface area (Å²) in [5, 5.41) is 11.5. The van der Waals surface area contributed by atoms with Crippen LogP contribution in [0.3, 0.4) is 0 Å². The number of hydrogen-bond donors (Lipinski definition) is 3. The number of nitrogens with zero attached hydrogens (tertiary/aromatic N) is 2. The number of carbonyl (C=O) groups is 2. The van der Waals surface area contributed by atoms with Gasteiger partial charge in [-0.25, -0.2) is 14.6 Å². The molecule has 0 saturated heterocycles. The molecule has 0 radical (unpaired) electrons. The largest absolute Gasteiger partial charge is 0.478 e. The lowest BCUT2D eigenvalue weighted by Crippen LogP contribution is -2.31. The average Bonchev–Trinajstić information content (AvgIpc) is 2.91. The van der Waals surface area contributed by atoms with Gasteiger partial charge in [-0.3, -0.25) is 0 Å². The minimum atomic E-state index is -1.04. The molecule has 0 unspecified atom stereocenters. The Balaban J connectivity index is 2.00. The highest BCUT2D eigenvalue weighted by Crippen LogP contribution is 2.11. The summed E-state index contributed by atoms with van der Waals surface area (Å²) in [4.78, 5) is 31.2. The van der Waals surface area contributed by atoms with Gasteiger partial charge in [0.25, 0.3) is 0 Å². The van der Waals surface area contributed by atoms with Crippen LogP contribution in [-0.2, 0) is 6.54 Å². The van der Waals surface area contributed by atoms with Crippen molar-refractivity contribution < 1.29 is 14.7 Å². The Morgan fingerprint density at radius 1 is 1.45 bits per heavy atom. The first kappa shape index (κ1) is 13.6. The lowest BCUT2D eigenvalue weighted by atomic mass is 10.2. The van der Waals surface area contributed by atoms with Gasteiger partial charge in [0.15, 0.2) is 0 Å². The number of aromatic nitrogens is 2. The number of aromatic carboxylic acids is 1. The van der Waals surface area contributed by atoms with E-state index in [1.165, 1.54) is 17.0 Å². The van der Waals surface area contributed by atoms with Crippen LogP contribution in [0, 0.1) is 0 Å². The molecule has 7 nitrogen and oxygen atoms in total. The molecular formula is C13H14N4O3. The van der Waals surface area contributed by atoms with Crippen LogP contribution in [0.1, 0.15) is 16.2 Å². The molecule has 0 aliphatic rings. The topological polar surface area (TPSA) is 98.3 Å². The normalized spacial score (nSPS) is 10.1. The van der Waals surface area contributed by atoms with E-state index in [2.05, 4.69) is 15.3 Å². The number of aromatic amines is 1. The second-order valence-corrected chi connectivity index (χ2v) is 4.21. The molecule has 7 heteroatoms. The SMILES string of the molecule is CN(Cc1ncc[nH]1)C(=O)Nc1cccc(C(=O)O)c1. The predicted molar refractivity (Wildman–Crippen MR) is 72.5 cm³/mol. The monoisotopic (exact) mass is 274 g/mol. The Bertz CT molecular complexity index is 610. The van der Waals surface area contributed by atoms with Gasteiger partial charge < -0.3 is 20.3 Å². The molecule has 0 spiro atoms. The molecule has 0 saturated carbocycles. The van der Waals surface area contributed by atoms with Crippen LogP contribution in [0.4, 0.5) is 10.5 Å². The summed E-state index contributed by atoms with van der Waals surface area (Å²) in [6, 6.07) is 5.73. The molecule has 0 aliphatic heterocycles. The zero-order valence-corrected chi connectivity index (χ0v) is 10.8. The van der Waals surface area contributed by atoms with E-state index in [0.717, 1.165) is 0 Å². The summed E-state index contributed by atoms with van der Waals surface area (Å²) >= 11 is 0. The van der Waals surface area contributed by atoms with E-state index in [1.54, 1.807) is 31.6 Å². The van der Waals surface area contributed by atoms with Crippen molar-refractivity contribution in [2.75, 3.05) is 12.4 Å². The zero-order valence-electron chi connectivity index (χ0n) is 10.8. The maximum absolute atomic E-state index is 11.9. The number of carboxylic acids is 1. The number of H-pyrrole nitrogens is 1. The number of amides is 2. The molecule has 2 rings (SSSR count). The van der Waals surface area contributed by atoms with Crippen LogP contribution in [0.2, 0.25) is 0 Å². The van der Waals surface area contributed by atoms with E-state index in [0.29, 0.717) is 18.1 Å². The van der Waals surface area contributed by atoms with Crippen LogP contribution in [0.15, 0.2) is 36.7 Å². The van der Waals surface area contributed by atoms with E-state index < -0.39 is 5.97 Å². The predicted octanol–water partition coefficient (Wildman–Crippen LogP) is 1.77. The van der Waals surface area contributed by atoms with Crippen LogP contribution in [-0.4, -0.2) is 39.0 Å². The molecule has 0 fully saturated rings. The Morgan fingerprint density at radius 2 is 2.25 bits per heavy atom. The molecule has 1 heterocycles. The van der Waals surface area contributed by atoms with E-state index in [4.69, 9.17) is 5.11 Å². The smallest absolute Gasteiger partial charge is 0.335 e. The van der Waals surface area contributed by atoms with Gasteiger partial charge in [-0.05, 0) is 18.2 Å². The molecule has 1 aromatic carbocycles. The Hall–Kier alpha value is -2.83. The Morgan fingerprint density at radius 3 is 2.90 bits per heavy atom. The van der Waals surface area contributed by atoms with Crippen molar-refractivity contribution in [2.24, 2.45) is 0 Å². The molecule has 104 valence electrons. The maximum atomic E-state index is 11.9. The number of anilines is 1. The van der Waals surface area contributed by atoms with Gasteiger partial charge in [-0.15, -0.1) is 0 Å². The van der Waals surface area contributed by atoms with Gasteiger partial charge in [0, 0.05) is 25.1 Å². The third kappa shape index (κ3) is 3.35. The Labute approximate surface area is 115 Å². The van der Waals surface area contributed by atoms with Crippen molar-refractivity contribution in [3.8, 4) is 0 Å². The number of carboxylic acid groups (broad SMARTS) is 1. The summed E-state index contributed by atoms with van der Waals surface area (Å²) < 4.78 is 0. The van der Waals surface area contributed by atoms with Crippen molar-refractivity contribution in [1.29, 1.82) is 0 Å². The molecule has 2 amide bonds. The third-order valence-corrected chi connectivity index (χ3v) is 2.65. The fourth-order valence-corrected chi connectivity index (χ4v) is 1.63. The van der Waals surface area contributed by atoms with E-state index in [1.807, 2.05) is 0 Å². The summed E-state index contributed by atoms with van der Waals surface area (Å²) in [5.41, 5.74) is 0.553. The van der Waals surface area contributed by atoms with Crippen LogP contribution in [0.25, 0.3) is 0 Å². The number of imidazole rings is 1. The van der Waals surface area contributed by atoms with Crippen molar-refractivity contribution in [2.45, 2.75) is 6.54 Å². The lowest BCUT2D eigenvalue weighted by molar-refractivity contribution is 0.0697. The molecule has 0 atom stereocenters. The fourth-order valence-electron chi connectivity index (χ4n) is 1.63. The molecule has 2 aromatic rings. The summed E-state index contributed by atoms with van der Waals surface area (Å²) in [6.45, 7) is 0.331. The molecule has 0 bridgehead atoms. The number of benzene rings is 1. The maximum Gasteiger partial charge on any atom is 0.335 e. The quantitative estimate of drug-likeness (QED) is 0.791. The summed E-state index contributed by atoms with van der Waals surface area (Å²) in [6.07, 6.45) is 3.29. The van der Waals surface area contributed by atoms with Gasteiger partial charge in [-0.1, -0.05) is 6.07 Å². The number of rotatable bonds is 4. The van der Waals surface area contributed by atoms with Crippen LogP contribution >= 0.6 is 0 Å². The average molecular weight is 274 g/mol. The van der Waals surface area contributed by atoms with Gasteiger partial charge in [0.05, 0.1) is 12.1 Å². The number of carbonyl (C=O) groups excluding carboxylic acids is 1. The third-order valence-electron chi connectivity index (χ3n) is 2.65. The van der Waals surface area contributed by atoms with E-state index >= 15 is 0 Å². The highest BCUT2D eigenvalue weighted by atomic mass is 16.4. The number of nitrogens with one attached hydrogen (secondary N) is 2. The van der Waals surface area contributed by atoms with Gasteiger partial charge >= 0.3 is 12.0 Å². The standard InChI is InChI=1S/C13H14N4O3/c1-17(8-11-14-5-6-15-11)13(20)16-10-4-2-3-9(7-10)12(18)19/h2-7H,8H2,1H3,(H,14,15)(H,16,20)(H,18,19). The van der Waals surface area contributed by atoms with Crippen molar-refractivity contribution >= 4 is 17.7 Å². The zero-order chi connectivity index (χ0) is 14.5. The lowest BCUT2D eigenvalue weighted by Gasteiger charge is -2.16. The second-order valence-electron chi connectivity index (χ2n) is 4.21. The van der Waals surface area contributed by atoms with Crippen molar-refractivity contribution in [3.05, 3.63) is 48.0 Å². The van der Waals surface area contributed by atoms with Gasteiger partial charge in [-0.2, -0.15) is 0 Å². The summed E-state index contributed by atoms with van der Waals surface area (Å²) in [5.74, 6) is -0.369. The first-order valence-corrected chi connectivity index (χ1v) is 5.90. The first-order valence-electron chi connectivity index (χ1n) is 5.90. The first-order chi connectivity index (χ1) is 9.56. The molecular weight excluding hydrogens is 260 g/mol. The second kappa shape index (κ2) is 5.87. The minimum absolute atomic E-state index is 0.122.